The fourth-order valence-electron chi connectivity index (χ4n) is 2.55. The number of amides is 1. The lowest BCUT2D eigenvalue weighted by Crippen LogP contribution is -2.60. The molecule has 0 aliphatic carbocycles. The second-order valence-electron chi connectivity index (χ2n) is 6.43. The predicted octanol–water partition coefficient (Wildman–Crippen LogP) is 2.71. The van der Waals surface area contributed by atoms with E-state index in [1.54, 1.807) is 0 Å². The lowest BCUT2D eigenvalue weighted by Gasteiger charge is -2.44. The van der Waals surface area contributed by atoms with Crippen LogP contribution < -0.4 is 10.6 Å². The van der Waals surface area contributed by atoms with Crippen LogP contribution in [0.4, 0.5) is 4.79 Å². The predicted molar refractivity (Wildman–Crippen MR) is 79.7 cm³/mol. The molecule has 1 atom stereocenters. The number of hydrogen-bond donors (Lipinski definition) is 2. The first-order valence-corrected chi connectivity index (χ1v) is 7.10. The van der Waals surface area contributed by atoms with Crippen molar-refractivity contribution >= 4 is 6.09 Å². The van der Waals surface area contributed by atoms with Crippen molar-refractivity contribution in [1.82, 2.24) is 10.6 Å². The number of aryl methyl sites for hydroxylation is 1. The van der Waals surface area contributed by atoms with Gasteiger partial charge in [0, 0.05) is 6.54 Å². The Hall–Kier alpha value is -1.55. The van der Waals surface area contributed by atoms with E-state index in [0.29, 0.717) is 6.54 Å². The number of nitrogens with one attached hydrogen (secondary N) is 2. The van der Waals surface area contributed by atoms with Crippen LogP contribution in [0.25, 0.3) is 0 Å². The molecule has 1 aromatic carbocycles. The van der Waals surface area contributed by atoms with Gasteiger partial charge < -0.3 is 15.4 Å². The Labute approximate surface area is 120 Å². The van der Waals surface area contributed by atoms with Gasteiger partial charge in [-0.3, -0.25) is 0 Å². The minimum absolute atomic E-state index is 0.151. The van der Waals surface area contributed by atoms with Crippen molar-refractivity contribution in [3.8, 4) is 0 Å². The summed E-state index contributed by atoms with van der Waals surface area (Å²) in [5.74, 6) is 0. The molecule has 0 bridgehead atoms. The van der Waals surface area contributed by atoms with Gasteiger partial charge in [0.1, 0.15) is 5.60 Å². The Morgan fingerprint density at radius 2 is 2.05 bits per heavy atom. The molecule has 1 heterocycles. The minimum Gasteiger partial charge on any atom is -0.444 e. The van der Waals surface area contributed by atoms with E-state index < -0.39 is 5.60 Å². The summed E-state index contributed by atoms with van der Waals surface area (Å²) < 4.78 is 5.29. The van der Waals surface area contributed by atoms with Crippen molar-refractivity contribution in [2.75, 3.05) is 13.1 Å². The highest BCUT2D eigenvalue weighted by Gasteiger charge is 2.39. The molecule has 0 aromatic heterocycles. The van der Waals surface area contributed by atoms with Crippen LogP contribution in [0.5, 0.6) is 0 Å². The molecule has 1 aromatic rings. The quantitative estimate of drug-likeness (QED) is 0.892. The molecule has 1 fully saturated rings. The summed E-state index contributed by atoms with van der Waals surface area (Å²) in [6.45, 7) is 9.23. The van der Waals surface area contributed by atoms with Crippen LogP contribution in [0.15, 0.2) is 24.3 Å². The normalized spacial score (nSPS) is 22.0. The van der Waals surface area contributed by atoms with E-state index >= 15 is 0 Å². The highest BCUT2D eigenvalue weighted by Crippen LogP contribution is 2.32. The Bertz CT molecular complexity index is 487. The number of carbonyl (C=O) groups excluding carboxylic acids is 1. The van der Waals surface area contributed by atoms with E-state index in [2.05, 4.69) is 29.7 Å². The van der Waals surface area contributed by atoms with Gasteiger partial charge in [-0.15, -0.1) is 0 Å². The number of benzene rings is 1. The monoisotopic (exact) mass is 276 g/mol. The fourth-order valence-corrected chi connectivity index (χ4v) is 2.55. The van der Waals surface area contributed by atoms with Crippen molar-refractivity contribution < 1.29 is 9.53 Å². The summed E-state index contributed by atoms with van der Waals surface area (Å²) >= 11 is 0. The van der Waals surface area contributed by atoms with Gasteiger partial charge in [-0.2, -0.15) is 0 Å². The second kappa shape index (κ2) is 5.44. The zero-order valence-electron chi connectivity index (χ0n) is 12.7. The summed E-state index contributed by atoms with van der Waals surface area (Å²) in [7, 11) is 0. The van der Waals surface area contributed by atoms with Crippen LogP contribution in [0.3, 0.4) is 0 Å². The van der Waals surface area contributed by atoms with Crippen LogP contribution >= 0.6 is 0 Å². The van der Waals surface area contributed by atoms with Gasteiger partial charge in [0.15, 0.2) is 0 Å². The highest BCUT2D eigenvalue weighted by atomic mass is 16.6. The highest BCUT2D eigenvalue weighted by molar-refractivity contribution is 5.68. The first-order valence-electron chi connectivity index (χ1n) is 7.10. The third kappa shape index (κ3) is 3.31. The van der Waals surface area contributed by atoms with Crippen LogP contribution in [-0.4, -0.2) is 24.8 Å². The fraction of sp³-hybridized carbons (Fsp3) is 0.562. The van der Waals surface area contributed by atoms with E-state index in [9.17, 15) is 4.79 Å². The summed E-state index contributed by atoms with van der Waals surface area (Å²) in [5.41, 5.74) is 1.88. The molecule has 4 nitrogen and oxygen atoms in total. The Morgan fingerprint density at radius 1 is 1.40 bits per heavy atom. The van der Waals surface area contributed by atoms with Gasteiger partial charge in [-0.1, -0.05) is 24.3 Å². The summed E-state index contributed by atoms with van der Waals surface area (Å²) in [6, 6.07) is 8.30. The van der Waals surface area contributed by atoms with Crippen molar-refractivity contribution in [2.24, 2.45) is 0 Å². The zero-order chi connectivity index (χ0) is 14.8. The van der Waals surface area contributed by atoms with Crippen molar-refractivity contribution in [1.29, 1.82) is 0 Å². The molecule has 0 radical (unpaired) electrons. The third-order valence-electron chi connectivity index (χ3n) is 3.61. The van der Waals surface area contributed by atoms with Gasteiger partial charge in [-0.05, 0) is 51.8 Å². The Morgan fingerprint density at radius 3 is 2.55 bits per heavy atom. The topological polar surface area (TPSA) is 50.4 Å². The first-order chi connectivity index (χ1) is 9.32. The average molecular weight is 276 g/mol. The van der Waals surface area contributed by atoms with Crippen molar-refractivity contribution in [3.63, 3.8) is 0 Å². The SMILES string of the molecule is Cc1ccccc1C1(CNC(=O)OC(C)(C)C)CCN1. The molecular weight excluding hydrogens is 252 g/mol. The molecule has 2 N–H and O–H groups in total. The van der Waals surface area contributed by atoms with Gasteiger partial charge in [-0.25, -0.2) is 4.79 Å². The Kier molecular flexibility index (Phi) is 4.04. The van der Waals surface area contributed by atoms with Crippen LogP contribution in [0.2, 0.25) is 0 Å². The maximum atomic E-state index is 11.8. The van der Waals surface area contributed by atoms with Gasteiger partial charge in [0.25, 0.3) is 0 Å². The molecule has 1 unspecified atom stereocenters. The van der Waals surface area contributed by atoms with E-state index in [-0.39, 0.29) is 11.6 Å². The lowest BCUT2D eigenvalue weighted by atomic mass is 9.78. The smallest absolute Gasteiger partial charge is 0.407 e. The minimum atomic E-state index is -0.465. The van der Waals surface area contributed by atoms with Crippen molar-refractivity contribution in [3.05, 3.63) is 35.4 Å². The van der Waals surface area contributed by atoms with E-state index in [4.69, 9.17) is 4.74 Å². The molecule has 0 saturated carbocycles. The largest absolute Gasteiger partial charge is 0.444 e. The second-order valence-corrected chi connectivity index (χ2v) is 6.43. The van der Waals surface area contributed by atoms with Crippen LogP contribution in [0.1, 0.15) is 38.3 Å². The molecule has 1 aliphatic rings. The Balaban J connectivity index is 2.03. The molecule has 20 heavy (non-hydrogen) atoms. The van der Waals surface area contributed by atoms with Crippen molar-refractivity contribution in [2.45, 2.75) is 45.3 Å². The van der Waals surface area contributed by atoms with Crippen LogP contribution in [0, 0.1) is 6.92 Å². The first kappa shape index (κ1) is 14.9. The number of ether oxygens (including phenoxy) is 1. The number of alkyl carbamates (subject to hydrolysis) is 1. The number of carbonyl (C=O) groups is 1. The van der Waals surface area contributed by atoms with E-state index in [1.165, 1.54) is 11.1 Å². The van der Waals surface area contributed by atoms with Gasteiger partial charge in [0.05, 0.1) is 5.54 Å². The van der Waals surface area contributed by atoms with E-state index in [0.717, 1.165) is 13.0 Å². The lowest BCUT2D eigenvalue weighted by molar-refractivity contribution is 0.0491. The summed E-state index contributed by atoms with van der Waals surface area (Å²) in [6.07, 6.45) is 0.660. The molecule has 1 aliphatic heterocycles. The molecule has 0 spiro atoms. The maximum Gasteiger partial charge on any atom is 0.407 e. The molecule has 2 rings (SSSR count). The average Bonchev–Trinajstić information content (AvgIpc) is 2.27. The van der Waals surface area contributed by atoms with Gasteiger partial charge in [0.2, 0.25) is 0 Å². The molecule has 110 valence electrons. The number of hydrogen-bond acceptors (Lipinski definition) is 3. The molecule has 4 heteroatoms. The number of rotatable bonds is 3. The molecule has 1 amide bonds. The van der Waals surface area contributed by atoms with Crippen LogP contribution in [-0.2, 0) is 10.3 Å². The summed E-state index contributed by atoms with van der Waals surface area (Å²) in [5, 5.41) is 6.35. The van der Waals surface area contributed by atoms with E-state index in [1.807, 2.05) is 32.9 Å². The third-order valence-corrected chi connectivity index (χ3v) is 3.61. The van der Waals surface area contributed by atoms with Gasteiger partial charge >= 0.3 is 6.09 Å². The maximum absolute atomic E-state index is 11.8. The standard InChI is InChI=1S/C16H24N2O2/c1-12-7-5-6-8-13(12)16(9-10-18-16)11-17-14(19)20-15(2,3)4/h5-8,18H,9-11H2,1-4H3,(H,17,19). The zero-order valence-corrected chi connectivity index (χ0v) is 12.7. The summed E-state index contributed by atoms with van der Waals surface area (Å²) in [4.78, 5) is 11.8. The molecule has 1 saturated heterocycles. The molecular formula is C16H24N2O2.